The van der Waals surface area contributed by atoms with Gasteiger partial charge in [0.2, 0.25) is 0 Å². The van der Waals surface area contributed by atoms with E-state index < -0.39 is 0 Å². The van der Waals surface area contributed by atoms with E-state index in [1.54, 1.807) is 6.07 Å². The van der Waals surface area contributed by atoms with Crippen molar-refractivity contribution in [2.24, 2.45) is 0 Å². The summed E-state index contributed by atoms with van der Waals surface area (Å²) in [5.41, 5.74) is 2.84. The fourth-order valence-corrected chi connectivity index (χ4v) is 1.77. The van der Waals surface area contributed by atoms with Gasteiger partial charge in [0.25, 0.3) is 0 Å². The van der Waals surface area contributed by atoms with Crippen molar-refractivity contribution in [1.82, 2.24) is 0 Å². The minimum absolute atomic E-state index is 0.672. The molecule has 0 spiro atoms. The summed E-state index contributed by atoms with van der Waals surface area (Å²) in [7, 11) is 0. The zero-order valence-corrected chi connectivity index (χ0v) is 10.7. The molecule has 1 N–H and O–H groups in total. The number of benzene rings is 2. The monoisotopic (exact) mass is 286 g/mol. The molecule has 0 fully saturated rings. The van der Waals surface area contributed by atoms with Gasteiger partial charge < -0.3 is 5.32 Å². The standard InChI is InChI=1S/C14H11BrN2/c15-13-6-4-11(5-7-13)10-17-14-3-1-2-12(8-14)9-16/h1-8,17H,10H2. The summed E-state index contributed by atoms with van der Waals surface area (Å²) < 4.78 is 1.08. The second kappa shape index (κ2) is 5.51. The Balaban J connectivity index is 2.02. The van der Waals surface area contributed by atoms with Gasteiger partial charge in [-0.2, -0.15) is 5.26 Å². The van der Waals surface area contributed by atoms with Crippen LogP contribution in [-0.2, 0) is 6.54 Å². The van der Waals surface area contributed by atoms with E-state index in [2.05, 4.69) is 39.4 Å². The van der Waals surface area contributed by atoms with Gasteiger partial charge >= 0.3 is 0 Å². The molecule has 0 unspecified atom stereocenters. The van der Waals surface area contributed by atoms with Gasteiger partial charge in [-0.1, -0.05) is 34.1 Å². The topological polar surface area (TPSA) is 35.8 Å². The highest BCUT2D eigenvalue weighted by Gasteiger charge is 1.96. The van der Waals surface area contributed by atoms with Crippen LogP contribution in [0.5, 0.6) is 0 Å². The lowest BCUT2D eigenvalue weighted by Gasteiger charge is -2.06. The van der Waals surface area contributed by atoms with Crippen LogP contribution in [0.2, 0.25) is 0 Å². The summed E-state index contributed by atoms with van der Waals surface area (Å²) in [5, 5.41) is 12.1. The maximum Gasteiger partial charge on any atom is 0.0992 e. The van der Waals surface area contributed by atoms with Gasteiger partial charge in [-0.25, -0.2) is 0 Å². The maximum atomic E-state index is 8.79. The van der Waals surface area contributed by atoms with Crippen LogP contribution in [0, 0.1) is 11.3 Å². The molecule has 2 nitrogen and oxygen atoms in total. The summed E-state index contributed by atoms with van der Waals surface area (Å²) in [6, 6.07) is 17.8. The van der Waals surface area contributed by atoms with E-state index in [9.17, 15) is 0 Å². The molecule has 0 saturated heterocycles. The van der Waals surface area contributed by atoms with E-state index in [-0.39, 0.29) is 0 Å². The van der Waals surface area contributed by atoms with Crippen LogP contribution in [0.1, 0.15) is 11.1 Å². The molecule has 0 aliphatic carbocycles. The molecule has 3 heteroatoms. The van der Waals surface area contributed by atoms with Crippen molar-refractivity contribution in [3.05, 3.63) is 64.1 Å². The third-order valence-corrected chi connectivity index (χ3v) is 2.93. The van der Waals surface area contributed by atoms with E-state index in [4.69, 9.17) is 5.26 Å². The molecule has 17 heavy (non-hydrogen) atoms. The number of nitrogens with one attached hydrogen (secondary N) is 1. The number of rotatable bonds is 3. The van der Waals surface area contributed by atoms with Crippen LogP contribution in [0.25, 0.3) is 0 Å². The molecule has 0 aliphatic rings. The Morgan fingerprint density at radius 3 is 2.59 bits per heavy atom. The zero-order valence-electron chi connectivity index (χ0n) is 9.15. The average molecular weight is 287 g/mol. The Morgan fingerprint density at radius 2 is 1.88 bits per heavy atom. The summed E-state index contributed by atoms with van der Waals surface area (Å²) in [6.07, 6.45) is 0. The number of hydrogen-bond donors (Lipinski definition) is 1. The summed E-state index contributed by atoms with van der Waals surface area (Å²) in [6.45, 7) is 0.752. The third kappa shape index (κ3) is 3.33. The number of nitriles is 1. The molecule has 0 aromatic heterocycles. The van der Waals surface area contributed by atoms with Gasteiger partial charge in [-0.05, 0) is 35.9 Å². The number of nitrogens with zero attached hydrogens (tertiary/aromatic N) is 1. The highest BCUT2D eigenvalue weighted by Crippen LogP contribution is 2.14. The van der Waals surface area contributed by atoms with Crippen LogP contribution in [0.15, 0.2) is 53.0 Å². The largest absolute Gasteiger partial charge is 0.381 e. The fourth-order valence-electron chi connectivity index (χ4n) is 1.51. The first kappa shape index (κ1) is 11.7. The highest BCUT2D eigenvalue weighted by atomic mass is 79.9. The van der Waals surface area contributed by atoms with Crippen molar-refractivity contribution in [2.45, 2.75) is 6.54 Å². The van der Waals surface area contributed by atoms with Gasteiger partial charge in [0.1, 0.15) is 0 Å². The Morgan fingerprint density at radius 1 is 1.12 bits per heavy atom. The van der Waals surface area contributed by atoms with Crippen LogP contribution in [0.3, 0.4) is 0 Å². The van der Waals surface area contributed by atoms with Crippen molar-refractivity contribution < 1.29 is 0 Å². The molecule has 2 rings (SSSR count). The van der Waals surface area contributed by atoms with Gasteiger partial charge in [-0.3, -0.25) is 0 Å². The first-order valence-corrected chi connectivity index (χ1v) is 6.06. The zero-order chi connectivity index (χ0) is 12.1. The lowest BCUT2D eigenvalue weighted by molar-refractivity contribution is 1.15. The van der Waals surface area contributed by atoms with E-state index in [0.717, 1.165) is 16.7 Å². The molecule has 0 radical (unpaired) electrons. The normalized spacial score (nSPS) is 9.65. The Kier molecular flexibility index (Phi) is 3.79. The Labute approximate surface area is 109 Å². The molecule has 0 saturated carbocycles. The molecule has 0 aliphatic heterocycles. The summed E-state index contributed by atoms with van der Waals surface area (Å²) >= 11 is 3.40. The van der Waals surface area contributed by atoms with Crippen molar-refractivity contribution in [1.29, 1.82) is 5.26 Å². The molecule has 0 heterocycles. The lowest BCUT2D eigenvalue weighted by Crippen LogP contribution is -1.99. The van der Waals surface area contributed by atoms with Crippen LogP contribution >= 0.6 is 15.9 Å². The van der Waals surface area contributed by atoms with E-state index in [0.29, 0.717) is 5.56 Å². The van der Waals surface area contributed by atoms with Gasteiger partial charge in [0.05, 0.1) is 11.6 Å². The summed E-state index contributed by atoms with van der Waals surface area (Å²) in [4.78, 5) is 0. The molecule has 0 bridgehead atoms. The van der Waals surface area contributed by atoms with Crippen molar-refractivity contribution in [2.75, 3.05) is 5.32 Å². The average Bonchev–Trinajstić information content (AvgIpc) is 2.38. The lowest BCUT2D eigenvalue weighted by atomic mass is 10.2. The second-order valence-electron chi connectivity index (χ2n) is 3.67. The molecule has 2 aromatic carbocycles. The predicted molar refractivity (Wildman–Crippen MR) is 72.6 cm³/mol. The minimum Gasteiger partial charge on any atom is -0.381 e. The fraction of sp³-hybridized carbons (Fsp3) is 0.0714. The van der Waals surface area contributed by atoms with Crippen LogP contribution in [-0.4, -0.2) is 0 Å². The first-order chi connectivity index (χ1) is 8.28. The van der Waals surface area contributed by atoms with Crippen molar-refractivity contribution in [3.8, 4) is 6.07 Å². The van der Waals surface area contributed by atoms with E-state index >= 15 is 0 Å². The molecular weight excluding hydrogens is 276 g/mol. The van der Waals surface area contributed by atoms with Gasteiger partial charge in [0, 0.05) is 16.7 Å². The van der Waals surface area contributed by atoms with Gasteiger partial charge in [0.15, 0.2) is 0 Å². The maximum absolute atomic E-state index is 8.79. The Hall–Kier alpha value is -1.79. The second-order valence-corrected chi connectivity index (χ2v) is 4.59. The predicted octanol–water partition coefficient (Wildman–Crippen LogP) is 3.93. The van der Waals surface area contributed by atoms with E-state index in [1.807, 2.05) is 30.3 Å². The molecule has 0 atom stereocenters. The quantitative estimate of drug-likeness (QED) is 0.928. The number of anilines is 1. The van der Waals surface area contributed by atoms with Crippen LogP contribution in [0.4, 0.5) is 5.69 Å². The summed E-state index contributed by atoms with van der Waals surface area (Å²) in [5.74, 6) is 0. The smallest absolute Gasteiger partial charge is 0.0992 e. The van der Waals surface area contributed by atoms with Crippen molar-refractivity contribution in [3.63, 3.8) is 0 Å². The van der Waals surface area contributed by atoms with Crippen LogP contribution < -0.4 is 5.32 Å². The van der Waals surface area contributed by atoms with E-state index in [1.165, 1.54) is 5.56 Å². The third-order valence-electron chi connectivity index (χ3n) is 2.40. The SMILES string of the molecule is N#Cc1cccc(NCc2ccc(Br)cc2)c1. The minimum atomic E-state index is 0.672. The van der Waals surface area contributed by atoms with Gasteiger partial charge in [-0.15, -0.1) is 0 Å². The number of hydrogen-bond acceptors (Lipinski definition) is 2. The molecule has 2 aromatic rings. The van der Waals surface area contributed by atoms with Crippen molar-refractivity contribution >= 4 is 21.6 Å². The highest BCUT2D eigenvalue weighted by molar-refractivity contribution is 9.10. The molecule has 84 valence electrons. The first-order valence-electron chi connectivity index (χ1n) is 5.26. The molecule has 0 amide bonds. The Bertz CT molecular complexity index is 541. The molecular formula is C14H11BrN2. The number of halogens is 1.